The van der Waals surface area contributed by atoms with Gasteiger partial charge in [0.25, 0.3) is 5.91 Å². The van der Waals surface area contributed by atoms with Gasteiger partial charge in [-0.1, -0.05) is 42.0 Å². The number of aryl methyl sites for hydroxylation is 2. The van der Waals surface area contributed by atoms with Gasteiger partial charge in [-0.2, -0.15) is 0 Å². The first-order valence-electron chi connectivity index (χ1n) is 10.3. The Balaban J connectivity index is 1.82. The first kappa shape index (κ1) is 20.7. The topological polar surface area (TPSA) is 49.9 Å². The summed E-state index contributed by atoms with van der Waals surface area (Å²) in [4.78, 5) is 30.5. The van der Waals surface area contributed by atoms with Crippen molar-refractivity contribution in [3.05, 3.63) is 89.0 Å². The number of amides is 2. The highest BCUT2D eigenvalue weighted by Gasteiger charge is 2.42. The summed E-state index contributed by atoms with van der Waals surface area (Å²) in [6.45, 7) is 5.99. The number of nitrogens with zero attached hydrogens (tertiary/aromatic N) is 2. The number of hydrogen-bond donors (Lipinski definition) is 0. The number of piperazine rings is 1. The Bertz CT molecular complexity index is 1120. The molecule has 31 heavy (non-hydrogen) atoms. The lowest BCUT2D eigenvalue weighted by molar-refractivity contribution is -0.128. The van der Waals surface area contributed by atoms with E-state index in [0.29, 0.717) is 11.4 Å². The van der Waals surface area contributed by atoms with Gasteiger partial charge in [0.2, 0.25) is 5.91 Å². The Hall–Kier alpha value is -3.60. The monoisotopic (exact) mass is 414 g/mol. The van der Waals surface area contributed by atoms with E-state index in [0.717, 1.165) is 27.9 Å². The van der Waals surface area contributed by atoms with Crippen LogP contribution in [0.4, 0.5) is 11.4 Å². The maximum absolute atomic E-state index is 13.8. The molecule has 4 rings (SSSR count). The van der Waals surface area contributed by atoms with Gasteiger partial charge in [0.05, 0.1) is 7.11 Å². The number of hydrogen-bond acceptors (Lipinski definition) is 3. The van der Waals surface area contributed by atoms with Crippen LogP contribution in [0.15, 0.2) is 66.7 Å². The predicted octanol–water partition coefficient (Wildman–Crippen LogP) is 4.74. The Morgan fingerprint density at radius 2 is 1.55 bits per heavy atom. The van der Waals surface area contributed by atoms with E-state index < -0.39 is 6.04 Å². The Morgan fingerprint density at radius 3 is 2.19 bits per heavy atom. The molecule has 1 heterocycles. The second-order valence-corrected chi connectivity index (χ2v) is 7.92. The zero-order valence-corrected chi connectivity index (χ0v) is 18.3. The molecule has 0 saturated carbocycles. The summed E-state index contributed by atoms with van der Waals surface area (Å²) in [7, 11) is 1.60. The number of ether oxygens (including phenoxy) is 1. The van der Waals surface area contributed by atoms with E-state index >= 15 is 0 Å². The number of rotatable bonds is 4. The molecule has 158 valence electrons. The first-order valence-corrected chi connectivity index (χ1v) is 10.3. The minimum atomic E-state index is -0.741. The van der Waals surface area contributed by atoms with Gasteiger partial charge in [-0.05, 0) is 67.8 Å². The fourth-order valence-electron chi connectivity index (χ4n) is 4.00. The zero-order chi connectivity index (χ0) is 22.1. The number of methoxy groups -OCH3 is 1. The van der Waals surface area contributed by atoms with Crippen LogP contribution < -0.4 is 14.5 Å². The smallest absolute Gasteiger partial charge is 0.255 e. The third-order valence-electron chi connectivity index (χ3n) is 5.93. The van der Waals surface area contributed by atoms with Crippen molar-refractivity contribution in [2.45, 2.75) is 26.8 Å². The van der Waals surface area contributed by atoms with Crippen LogP contribution in [0, 0.1) is 20.8 Å². The van der Waals surface area contributed by atoms with Crippen LogP contribution in [-0.2, 0) is 9.59 Å². The van der Waals surface area contributed by atoms with Crippen molar-refractivity contribution in [2.24, 2.45) is 0 Å². The van der Waals surface area contributed by atoms with E-state index in [-0.39, 0.29) is 18.4 Å². The van der Waals surface area contributed by atoms with E-state index in [1.807, 2.05) is 75.4 Å². The average molecular weight is 415 g/mol. The summed E-state index contributed by atoms with van der Waals surface area (Å²) in [6.07, 6.45) is 0. The lowest BCUT2D eigenvalue weighted by Gasteiger charge is -2.41. The molecule has 0 aliphatic carbocycles. The second kappa shape index (κ2) is 8.26. The lowest BCUT2D eigenvalue weighted by atomic mass is 9.97. The van der Waals surface area contributed by atoms with Gasteiger partial charge in [0, 0.05) is 11.4 Å². The van der Waals surface area contributed by atoms with Gasteiger partial charge in [-0.25, -0.2) is 0 Å². The fraction of sp³-hybridized carbons (Fsp3) is 0.231. The largest absolute Gasteiger partial charge is 0.497 e. The SMILES string of the molecule is COc1ccc(N2C(=O)CN(c3cccc(C)c3C)C(=O)[C@H]2c2ccc(C)cc2)cc1. The van der Waals surface area contributed by atoms with Crippen molar-refractivity contribution in [1.29, 1.82) is 0 Å². The molecule has 0 aromatic heterocycles. The van der Waals surface area contributed by atoms with E-state index in [1.165, 1.54) is 0 Å². The minimum absolute atomic E-state index is 0.00246. The third-order valence-corrected chi connectivity index (χ3v) is 5.93. The van der Waals surface area contributed by atoms with Crippen LogP contribution in [0.1, 0.15) is 28.3 Å². The Labute approximate surface area is 182 Å². The highest BCUT2D eigenvalue weighted by molar-refractivity contribution is 6.14. The molecule has 1 saturated heterocycles. The third kappa shape index (κ3) is 3.79. The normalized spacial score (nSPS) is 16.6. The molecule has 0 spiro atoms. The molecule has 1 fully saturated rings. The molecule has 3 aromatic carbocycles. The molecule has 5 heteroatoms. The Kier molecular flexibility index (Phi) is 5.51. The molecular formula is C26H26N2O3. The van der Waals surface area contributed by atoms with E-state index in [4.69, 9.17) is 4.74 Å². The van der Waals surface area contributed by atoms with Crippen LogP contribution >= 0.6 is 0 Å². The average Bonchev–Trinajstić information content (AvgIpc) is 2.78. The standard InChI is InChI=1S/C26H26N2O3/c1-17-8-10-20(11-9-17)25-26(30)27(23-7-5-6-18(2)19(23)3)16-24(29)28(25)21-12-14-22(31-4)15-13-21/h5-15,25H,16H2,1-4H3/t25-/m1/s1. The summed E-state index contributed by atoms with van der Waals surface area (Å²) >= 11 is 0. The zero-order valence-electron chi connectivity index (χ0n) is 18.3. The molecule has 2 amide bonds. The van der Waals surface area contributed by atoms with Crippen LogP contribution in [0.2, 0.25) is 0 Å². The van der Waals surface area contributed by atoms with Gasteiger partial charge in [-0.3, -0.25) is 14.5 Å². The maximum atomic E-state index is 13.8. The van der Waals surface area contributed by atoms with Crippen molar-refractivity contribution >= 4 is 23.2 Å². The van der Waals surface area contributed by atoms with Crippen molar-refractivity contribution in [3.63, 3.8) is 0 Å². The number of carbonyl (C=O) groups excluding carboxylic acids is 2. The molecule has 0 radical (unpaired) electrons. The fourth-order valence-corrected chi connectivity index (χ4v) is 4.00. The second-order valence-electron chi connectivity index (χ2n) is 7.92. The molecular weight excluding hydrogens is 388 g/mol. The molecule has 5 nitrogen and oxygen atoms in total. The molecule has 0 unspecified atom stereocenters. The van der Waals surface area contributed by atoms with Crippen LogP contribution in [0.25, 0.3) is 0 Å². The van der Waals surface area contributed by atoms with Gasteiger partial charge in [0.15, 0.2) is 0 Å². The summed E-state index contributed by atoms with van der Waals surface area (Å²) in [5.74, 6) is 0.452. The van der Waals surface area contributed by atoms with Crippen LogP contribution in [0.3, 0.4) is 0 Å². The quantitative estimate of drug-likeness (QED) is 0.620. The van der Waals surface area contributed by atoms with Crippen molar-refractivity contribution in [2.75, 3.05) is 23.5 Å². The van der Waals surface area contributed by atoms with Crippen molar-refractivity contribution in [3.8, 4) is 5.75 Å². The van der Waals surface area contributed by atoms with Crippen molar-refractivity contribution < 1.29 is 14.3 Å². The number of carbonyl (C=O) groups is 2. The molecule has 3 aromatic rings. The van der Waals surface area contributed by atoms with E-state index in [2.05, 4.69) is 0 Å². The molecule has 1 atom stereocenters. The Morgan fingerprint density at radius 1 is 0.871 bits per heavy atom. The van der Waals surface area contributed by atoms with Gasteiger partial charge < -0.3 is 9.64 Å². The summed E-state index contributed by atoms with van der Waals surface area (Å²) < 4.78 is 5.25. The van der Waals surface area contributed by atoms with Crippen molar-refractivity contribution in [1.82, 2.24) is 0 Å². The van der Waals surface area contributed by atoms with Gasteiger partial charge >= 0.3 is 0 Å². The van der Waals surface area contributed by atoms with Gasteiger partial charge in [0.1, 0.15) is 18.3 Å². The predicted molar refractivity (Wildman–Crippen MR) is 123 cm³/mol. The van der Waals surface area contributed by atoms with Crippen LogP contribution in [-0.4, -0.2) is 25.5 Å². The van der Waals surface area contributed by atoms with E-state index in [1.54, 1.807) is 29.0 Å². The van der Waals surface area contributed by atoms with Crippen LogP contribution in [0.5, 0.6) is 5.75 Å². The summed E-state index contributed by atoms with van der Waals surface area (Å²) in [5, 5.41) is 0. The highest BCUT2D eigenvalue weighted by Crippen LogP contribution is 2.36. The van der Waals surface area contributed by atoms with Gasteiger partial charge in [-0.15, -0.1) is 0 Å². The maximum Gasteiger partial charge on any atom is 0.255 e. The highest BCUT2D eigenvalue weighted by atomic mass is 16.5. The number of benzene rings is 3. The minimum Gasteiger partial charge on any atom is -0.497 e. The number of anilines is 2. The lowest BCUT2D eigenvalue weighted by Crippen LogP contribution is -2.56. The first-order chi connectivity index (χ1) is 14.9. The summed E-state index contributed by atoms with van der Waals surface area (Å²) in [6, 6.07) is 20.1. The van der Waals surface area contributed by atoms with E-state index in [9.17, 15) is 9.59 Å². The summed E-state index contributed by atoms with van der Waals surface area (Å²) in [5.41, 5.74) is 5.43. The molecule has 1 aliphatic rings. The molecule has 0 N–H and O–H groups in total. The molecule has 1 aliphatic heterocycles. The molecule has 0 bridgehead atoms.